The van der Waals surface area contributed by atoms with E-state index in [1.807, 2.05) is 6.07 Å². The Morgan fingerprint density at radius 1 is 1.36 bits per heavy atom. The lowest BCUT2D eigenvalue weighted by Crippen LogP contribution is -2.45. The molecule has 0 bridgehead atoms. The van der Waals surface area contributed by atoms with E-state index in [1.165, 1.54) is 12.3 Å². The Kier molecular flexibility index (Phi) is 6.95. The number of amides is 1. The lowest BCUT2D eigenvalue weighted by atomic mass is 10.1. The highest BCUT2D eigenvalue weighted by atomic mass is 19.1. The number of nitrogens with zero attached hydrogens (tertiary/aromatic N) is 6. The molecule has 1 N–H and O–H groups in total. The predicted molar refractivity (Wildman–Crippen MR) is 117 cm³/mol. The summed E-state index contributed by atoms with van der Waals surface area (Å²) in [7, 11) is 1.58. The van der Waals surface area contributed by atoms with Crippen molar-refractivity contribution >= 4 is 17.4 Å². The van der Waals surface area contributed by atoms with Gasteiger partial charge in [0, 0.05) is 38.5 Å². The summed E-state index contributed by atoms with van der Waals surface area (Å²) in [5.74, 6) is 0.580. The summed E-state index contributed by atoms with van der Waals surface area (Å²) in [6, 6.07) is 6.46. The number of rotatable bonds is 8. The number of fused-ring (bicyclic) bond motifs is 1. The first kappa shape index (κ1) is 22.4. The van der Waals surface area contributed by atoms with Gasteiger partial charge in [0.1, 0.15) is 36.0 Å². The van der Waals surface area contributed by atoms with Crippen LogP contribution in [-0.2, 0) is 9.53 Å². The van der Waals surface area contributed by atoms with Crippen molar-refractivity contribution in [2.24, 2.45) is 0 Å². The second-order valence-electron chi connectivity index (χ2n) is 7.63. The lowest BCUT2D eigenvalue weighted by Gasteiger charge is -2.33. The van der Waals surface area contributed by atoms with E-state index in [4.69, 9.17) is 14.7 Å². The summed E-state index contributed by atoms with van der Waals surface area (Å²) in [6.07, 6.45) is 4.43. The molecule has 4 heterocycles. The molecule has 1 aliphatic rings. The number of halogens is 1. The number of nitriles is 1. The van der Waals surface area contributed by atoms with Crippen LogP contribution in [-0.4, -0.2) is 69.6 Å². The Labute approximate surface area is 190 Å². The van der Waals surface area contributed by atoms with Crippen LogP contribution in [0.2, 0.25) is 0 Å². The van der Waals surface area contributed by atoms with Gasteiger partial charge in [-0.05, 0) is 25.0 Å². The van der Waals surface area contributed by atoms with Crippen molar-refractivity contribution < 1.29 is 18.7 Å². The van der Waals surface area contributed by atoms with Crippen LogP contribution in [0.1, 0.15) is 19.3 Å². The summed E-state index contributed by atoms with van der Waals surface area (Å²) in [5.41, 5.74) is 1.08. The van der Waals surface area contributed by atoms with E-state index in [2.05, 4.69) is 20.3 Å². The second kappa shape index (κ2) is 10.2. The largest absolute Gasteiger partial charge is 0.475 e. The number of methoxy groups -OCH3 is 1. The molecule has 4 rings (SSSR count). The van der Waals surface area contributed by atoms with Gasteiger partial charge in [0.15, 0.2) is 5.82 Å². The van der Waals surface area contributed by atoms with Crippen molar-refractivity contribution in [3.63, 3.8) is 0 Å². The fraction of sp³-hybridized carbons (Fsp3) is 0.409. The van der Waals surface area contributed by atoms with Crippen LogP contribution in [0.3, 0.4) is 0 Å². The molecule has 1 aliphatic heterocycles. The van der Waals surface area contributed by atoms with Crippen LogP contribution in [0.25, 0.3) is 17.2 Å². The van der Waals surface area contributed by atoms with Crippen LogP contribution in [0.15, 0.2) is 30.6 Å². The number of nitrogens with one attached hydrogen (secondary N) is 1. The molecule has 0 radical (unpaired) electrons. The molecular weight excluding hydrogens is 429 g/mol. The van der Waals surface area contributed by atoms with E-state index >= 15 is 0 Å². The molecule has 172 valence electrons. The summed E-state index contributed by atoms with van der Waals surface area (Å²) < 4.78 is 26.2. The Morgan fingerprint density at radius 2 is 2.24 bits per heavy atom. The zero-order chi connectivity index (χ0) is 23.2. The second-order valence-corrected chi connectivity index (χ2v) is 7.63. The maximum atomic E-state index is 13.8. The molecule has 0 aliphatic carbocycles. The minimum atomic E-state index is -0.406. The van der Waals surface area contributed by atoms with E-state index in [-0.39, 0.29) is 18.4 Å². The molecule has 1 saturated heterocycles. The fourth-order valence-electron chi connectivity index (χ4n) is 3.75. The number of piperidine rings is 1. The van der Waals surface area contributed by atoms with Crippen molar-refractivity contribution in [1.82, 2.24) is 24.3 Å². The minimum Gasteiger partial charge on any atom is -0.475 e. The van der Waals surface area contributed by atoms with E-state index in [9.17, 15) is 9.18 Å². The Hall–Kier alpha value is -3.78. The number of hydrogen-bond donors (Lipinski definition) is 1. The summed E-state index contributed by atoms with van der Waals surface area (Å²) in [4.78, 5) is 27.2. The molecule has 3 aromatic heterocycles. The number of carbonyl (C=O) groups is 1. The third kappa shape index (κ3) is 5.35. The van der Waals surface area contributed by atoms with Crippen LogP contribution < -0.4 is 10.1 Å². The normalized spacial score (nSPS) is 15.9. The number of carbonyl (C=O) groups excluding carboxylic acids is 1. The van der Waals surface area contributed by atoms with Crippen molar-refractivity contribution in [3.05, 3.63) is 36.4 Å². The Morgan fingerprint density at radius 3 is 3.06 bits per heavy atom. The average molecular weight is 453 g/mol. The predicted octanol–water partition coefficient (Wildman–Crippen LogP) is 2.27. The lowest BCUT2D eigenvalue weighted by molar-refractivity contribution is -0.131. The first-order chi connectivity index (χ1) is 16.1. The van der Waals surface area contributed by atoms with E-state index in [0.29, 0.717) is 55.2 Å². The topological polar surface area (TPSA) is 118 Å². The smallest absolute Gasteiger partial charge is 0.236 e. The zero-order valence-corrected chi connectivity index (χ0v) is 18.2. The summed E-state index contributed by atoms with van der Waals surface area (Å²) in [6.45, 7) is 1.79. The maximum Gasteiger partial charge on any atom is 0.236 e. The van der Waals surface area contributed by atoms with Crippen molar-refractivity contribution in [3.8, 4) is 23.5 Å². The molecule has 10 nitrogen and oxygen atoms in total. The Balaban J connectivity index is 1.62. The van der Waals surface area contributed by atoms with Crippen LogP contribution >= 0.6 is 0 Å². The molecule has 3 aromatic rings. The van der Waals surface area contributed by atoms with Gasteiger partial charge in [-0.15, -0.1) is 0 Å². The number of imidazole rings is 1. The first-order valence-electron chi connectivity index (χ1n) is 10.6. The standard InChI is InChI=1S/C22H24FN7O3/c1-32-9-10-33-20-11-18(26-16-3-2-8-29(14-16)21(31)6-7-24)27-22(28-20)17-12-25-19-5-4-15(23)13-30(17)19/h4-5,11-13,16H,2-3,6,8-10,14H2,1H3,(H,26,27,28)/t16-/m1/s1. The van der Waals surface area contributed by atoms with E-state index in [1.54, 1.807) is 34.7 Å². The average Bonchev–Trinajstić information content (AvgIpc) is 3.22. The highest BCUT2D eigenvalue weighted by molar-refractivity contribution is 5.78. The summed E-state index contributed by atoms with van der Waals surface area (Å²) >= 11 is 0. The number of anilines is 1. The van der Waals surface area contributed by atoms with Crippen LogP contribution in [0, 0.1) is 17.1 Å². The third-order valence-electron chi connectivity index (χ3n) is 5.30. The zero-order valence-electron chi connectivity index (χ0n) is 18.2. The number of ether oxygens (including phenoxy) is 2. The van der Waals surface area contributed by atoms with Gasteiger partial charge in [0.2, 0.25) is 11.8 Å². The molecule has 0 spiro atoms. The quantitative estimate of drug-likeness (QED) is 0.516. The molecule has 0 saturated carbocycles. The molecule has 1 fully saturated rings. The van der Waals surface area contributed by atoms with Gasteiger partial charge >= 0.3 is 0 Å². The number of aromatic nitrogens is 4. The maximum absolute atomic E-state index is 13.8. The molecule has 11 heteroatoms. The van der Waals surface area contributed by atoms with Gasteiger partial charge in [-0.3, -0.25) is 9.20 Å². The SMILES string of the molecule is COCCOc1cc(N[C@@H]2CCCN(C(=O)CC#N)C2)nc(-c2cnc3ccc(F)cn23)n1. The molecular formula is C22H24FN7O3. The van der Waals surface area contributed by atoms with Gasteiger partial charge in [0.25, 0.3) is 0 Å². The monoisotopic (exact) mass is 453 g/mol. The van der Waals surface area contributed by atoms with Gasteiger partial charge in [-0.25, -0.2) is 14.4 Å². The van der Waals surface area contributed by atoms with Gasteiger partial charge in [-0.1, -0.05) is 0 Å². The molecule has 0 aromatic carbocycles. The Bertz CT molecular complexity index is 1180. The van der Waals surface area contributed by atoms with Crippen molar-refractivity contribution in [2.75, 3.05) is 38.7 Å². The minimum absolute atomic E-state index is 0.0457. The van der Waals surface area contributed by atoms with E-state index in [0.717, 1.165) is 12.8 Å². The van der Waals surface area contributed by atoms with E-state index < -0.39 is 5.82 Å². The molecule has 33 heavy (non-hydrogen) atoms. The van der Waals surface area contributed by atoms with Crippen molar-refractivity contribution in [2.45, 2.75) is 25.3 Å². The fourth-order valence-corrected chi connectivity index (χ4v) is 3.75. The number of hydrogen-bond acceptors (Lipinski definition) is 8. The summed E-state index contributed by atoms with van der Waals surface area (Å²) in [5, 5.41) is 12.2. The first-order valence-corrected chi connectivity index (χ1v) is 10.6. The molecule has 1 atom stereocenters. The highest BCUT2D eigenvalue weighted by Gasteiger charge is 2.24. The van der Waals surface area contributed by atoms with Gasteiger partial charge < -0.3 is 19.7 Å². The number of pyridine rings is 1. The van der Waals surface area contributed by atoms with Crippen LogP contribution in [0.5, 0.6) is 5.88 Å². The van der Waals surface area contributed by atoms with Gasteiger partial charge in [0.05, 0.1) is 18.9 Å². The molecule has 0 unspecified atom stereocenters. The number of likely N-dealkylation sites (tertiary alicyclic amines) is 1. The molecule has 1 amide bonds. The van der Waals surface area contributed by atoms with Crippen LogP contribution in [0.4, 0.5) is 10.2 Å². The van der Waals surface area contributed by atoms with Crippen molar-refractivity contribution in [1.29, 1.82) is 5.26 Å². The third-order valence-corrected chi connectivity index (χ3v) is 5.30. The van der Waals surface area contributed by atoms with Gasteiger partial charge in [-0.2, -0.15) is 10.2 Å². The highest BCUT2D eigenvalue weighted by Crippen LogP contribution is 2.24.